The van der Waals surface area contributed by atoms with Crippen LogP contribution in [0.3, 0.4) is 0 Å². The standard InChI is InChI=1S/C27H18F9N3S3/c28-25(29,30)16-37-20-21(40-17-10-4-1-5-11-17)38-23(26(31,32)33)39(22(20)41-18-12-6-2-7-13-18)24(27(34,35)36)42-19-14-8-3-9-15-19/h1-16,23-24H/t23-,24+/m0/s1. The molecule has 0 unspecified atom stereocenters. The molecule has 1 heterocycles. The Kier molecular flexibility index (Phi) is 9.93. The zero-order valence-electron chi connectivity index (χ0n) is 20.9. The third-order valence-electron chi connectivity index (χ3n) is 5.21. The van der Waals surface area contributed by atoms with E-state index in [9.17, 15) is 39.5 Å². The molecular formula is C27H18F9N3S3. The summed E-state index contributed by atoms with van der Waals surface area (Å²) in [4.78, 5) is 7.43. The van der Waals surface area contributed by atoms with Crippen molar-refractivity contribution in [3.05, 3.63) is 102 Å². The second kappa shape index (κ2) is 13.1. The predicted molar refractivity (Wildman–Crippen MR) is 147 cm³/mol. The highest BCUT2D eigenvalue weighted by Gasteiger charge is 2.56. The normalized spacial score (nSPS) is 17.5. The van der Waals surface area contributed by atoms with Crippen LogP contribution in [0.2, 0.25) is 0 Å². The van der Waals surface area contributed by atoms with Gasteiger partial charge in [0.05, 0.1) is 0 Å². The third-order valence-corrected chi connectivity index (χ3v) is 8.58. The van der Waals surface area contributed by atoms with Crippen LogP contribution in [-0.4, -0.2) is 46.2 Å². The minimum Gasteiger partial charge on any atom is -0.314 e. The lowest BCUT2D eigenvalue weighted by Crippen LogP contribution is -2.54. The molecule has 0 amide bonds. The molecule has 3 aromatic rings. The van der Waals surface area contributed by atoms with E-state index in [4.69, 9.17) is 0 Å². The highest BCUT2D eigenvalue weighted by molar-refractivity contribution is 8.14. The van der Waals surface area contributed by atoms with Gasteiger partial charge in [0.1, 0.15) is 22.0 Å². The molecule has 0 bridgehead atoms. The zero-order chi connectivity index (χ0) is 30.5. The molecule has 0 fully saturated rings. The fourth-order valence-corrected chi connectivity index (χ4v) is 6.72. The summed E-state index contributed by atoms with van der Waals surface area (Å²) in [7, 11) is 0. The molecule has 1 aliphatic rings. The van der Waals surface area contributed by atoms with Crippen molar-refractivity contribution in [2.24, 2.45) is 9.98 Å². The van der Waals surface area contributed by atoms with Crippen LogP contribution >= 0.6 is 35.3 Å². The quantitative estimate of drug-likeness (QED) is 0.145. The van der Waals surface area contributed by atoms with Crippen LogP contribution in [0.1, 0.15) is 0 Å². The van der Waals surface area contributed by atoms with Crippen LogP contribution in [0.4, 0.5) is 39.5 Å². The van der Waals surface area contributed by atoms with Crippen molar-refractivity contribution in [3.8, 4) is 0 Å². The molecule has 42 heavy (non-hydrogen) atoms. The summed E-state index contributed by atoms with van der Waals surface area (Å²) in [6.07, 6.45) is -19.2. The van der Waals surface area contributed by atoms with Crippen LogP contribution in [0, 0.1) is 0 Å². The highest BCUT2D eigenvalue weighted by atomic mass is 32.2. The summed E-state index contributed by atoms with van der Waals surface area (Å²) in [6.45, 7) is 0. The summed E-state index contributed by atoms with van der Waals surface area (Å²) < 4.78 is 128. The van der Waals surface area contributed by atoms with Gasteiger partial charge in [-0.3, -0.25) is 0 Å². The molecule has 15 heteroatoms. The first kappa shape index (κ1) is 31.9. The van der Waals surface area contributed by atoms with Crippen LogP contribution < -0.4 is 0 Å². The Bertz CT molecular complexity index is 1420. The second-order valence-corrected chi connectivity index (χ2v) is 11.6. The van der Waals surface area contributed by atoms with Gasteiger partial charge in [0.15, 0.2) is 5.37 Å². The average Bonchev–Trinajstić information content (AvgIpc) is 2.91. The van der Waals surface area contributed by atoms with Gasteiger partial charge in [-0.1, -0.05) is 89.9 Å². The first-order valence-electron chi connectivity index (χ1n) is 11.8. The molecule has 4 rings (SSSR count). The van der Waals surface area contributed by atoms with E-state index in [0.29, 0.717) is 28.4 Å². The number of alkyl halides is 9. The maximum atomic E-state index is 14.7. The molecule has 3 nitrogen and oxygen atoms in total. The lowest BCUT2D eigenvalue weighted by molar-refractivity contribution is -0.206. The number of aliphatic imine (C=N–C) groups is 2. The van der Waals surface area contributed by atoms with E-state index in [-0.39, 0.29) is 26.5 Å². The lowest BCUT2D eigenvalue weighted by atomic mass is 10.3. The van der Waals surface area contributed by atoms with Crippen molar-refractivity contribution < 1.29 is 39.5 Å². The van der Waals surface area contributed by atoms with Crippen molar-refractivity contribution in [1.82, 2.24) is 4.90 Å². The molecule has 222 valence electrons. The van der Waals surface area contributed by atoms with E-state index in [0.717, 1.165) is 0 Å². The van der Waals surface area contributed by atoms with Crippen LogP contribution in [0.5, 0.6) is 0 Å². The van der Waals surface area contributed by atoms with Crippen molar-refractivity contribution in [3.63, 3.8) is 0 Å². The van der Waals surface area contributed by atoms with Crippen LogP contribution in [0.15, 0.2) is 126 Å². The van der Waals surface area contributed by atoms with Crippen LogP contribution in [-0.2, 0) is 0 Å². The third kappa shape index (κ3) is 8.51. The van der Waals surface area contributed by atoms with Gasteiger partial charge in [0, 0.05) is 14.7 Å². The summed E-state index contributed by atoms with van der Waals surface area (Å²) in [6, 6.07) is 21.9. The van der Waals surface area contributed by atoms with Gasteiger partial charge in [0.2, 0.25) is 6.17 Å². The Balaban J connectivity index is 2.00. The maximum absolute atomic E-state index is 14.7. The van der Waals surface area contributed by atoms with Gasteiger partial charge in [-0.25, -0.2) is 9.98 Å². The maximum Gasteiger partial charge on any atom is 0.429 e. The van der Waals surface area contributed by atoms with E-state index in [2.05, 4.69) is 9.98 Å². The Labute approximate surface area is 247 Å². The molecule has 0 aromatic heterocycles. The smallest absolute Gasteiger partial charge is 0.314 e. The number of halogens is 9. The molecule has 3 aromatic carbocycles. The molecule has 0 N–H and O–H groups in total. The van der Waals surface area contributed by atoms with E-state index < -0.39 is 52.1 Å². The minimum absolute atomic E-state index is 0.0152. The van der Waals surface area contributed by atoms with E-state index in [1.54, 1.807) is 12.1 Å². The van der Waals surface area contributed by atoms with Crippen molar-refractivity contribution in [2.45, 2.75) is 44.8 Å². The van der Waals surface area contributed by atoms with Gasteiger partial charge in [-0.2, -0.15) is 39.5 Å². The molecule has 0 radical (unpaired) electrons. The van der Waals surface area contributed by atoms with Gasteiger partial charge < -0.3 is 4.90 Å². The van der Waals surface area contributed by atoms with Crippen molar-refractivity contribution in [1.29, 1.82) is 0 Å². The molecule has 0 saturated carbocycles. The summed E-state index contributed by atoms with van der Waals surface area (Å²) >= 11 is 1.07. The van der Waals surface area contributed by atoms with Crippen molar-refractivity contribution in [2.75, 3.05) is 0 Å². The largest absolute Gasteiger partial charge is 0.429 e. The Morgan fingerprint density at radius 1 is 0.690 bits per heavy atom. The summed E-state index contributed by atoms with van der Waals surface area (Å²) in [5, 5.41) is -4.31. The first-order chi connectivity index (χ1) is 19.7. The van der Waals surface area contributed by atoms with E-state index in [1.807, 2.05) is 0 Å². The average molecular weight is 652 g/mol. The SMILES string of the molecule is FC(F)(F)C=NC1=C(Sc2ccccc2)N([C@H](Sc2ccccc2)C(F)(F)F)[C@@H](C(F)(F)F)N=C1Sc1ccccc1. The van der Waals surface area contributed by atoms with E-state index >= 15 is 0 Å². The van der Waals surface area contributed by atoms with Gasteiger partial charge >= 0.3 is 18.5 Å². The van der Waals surface area contributed by atoms with E-state index in [1.165, 1.54) is 78.9 Å². The van der Waals surface area contributed by atoms with Crippen molar-refractivity contribution >= 4 is 46.5 Å². The van der Waals surface area contributed by atoms with Gasteiger partial charge in [0.25, 0.3) is 0 Å². The molecule has 1 aliphatic heterocycles. The number of hydrogen-bond acceptors (Lipinski definition) is 6. The fraction of sp³-hybridized carbons (Fsp3) is 0.185. The monoisotopic (exact) mass is 651 g/mol. The topological polar surface area (TPSA) is 28.0 Å². The van der Waals surface area contributed by atoms with Gasteiger partial charge in [-0.05, 0) is 36.4 Å². The number of rotatable bonds is 7. The zero-order valence-corrected chi connectivity index (χ0v) is 23.3. The highest BCUT2D eigenvalue weighted by Crippen LogP contribution is 2.50. The minimum atomic E-state index is -5.36. The Morgan fingerprint density at radius 3 is 1.62 bits per heavy atom. The van der Waals surface area contributed by atoms with Gasteiger partial charge in [-0.15, -0.1) is 0 Å². The predicted octanol–water partition coefficient (Wildman–Crippen LogP) is 9.66. The second-order valence-electron chi connectivity index (χ2n) is 8.37. The number of hydrogen-bond donors (Lipinski definition) is 0. The molecule has 0 spiro atoms. The first-order valence-corrected chi connectivity index (χ1v) is 14.3. The summed E-state index contributed by atoms with van der Waals surface area (Å²) in [5.41, 5.74) is -0.779. The molecule has 0 aliphatic carbocycles. The fourth-order valence-electron chi connectivity index (χ4n) is 3.56. The molecule has 2 atom stereocenters. The number of thioether (sulfide) groups is 3. The number of benzene rings is 3. The number of nitrogens with zero attached hydrogens (tertiary/aromatic N) is 3. The Hall–Kier alpha value is -3.04. The summed E-state index contributed by atoms with van der Waals surface area (Å²) in [5.74, 6) is 0. The van der Waals surface area contributed by atoms with Crippen LogP contribution in [0.25, 0.3) is 0 Å². The lowest BCUT2D eigenvalue weighted by Gasteiger charge is -2.42. The Morgan fingerprint density at radius 2 is 1.17 bits per heavy atom. The molecular weight excluding hydrogens is 634 g/mol. The molecule has 0 saturated heterocycles.